The van der Waals surface area contributed by atoms with Crippen LogP contribution < -0.4 is 0 Å². The van der Waals surface area contributed by atoms with Crippen molar-refractivity contribution in [2.45, 2.75) is 18.8 Å². The molecule has 1 rings (SSSR count). The first-order valence-corrected chi connectivity index (χ1v) is 4.65. The molecule has 0 amide bonds. The third-order valence-electron chi connectivity index (χ3n) is 1.99. The fraction of sp³-hybridized carbons (Fsp3) is 0.300. The van der Waals surface area contributed by atoms with E-state index in [-0.39, 0.29) is 10.6 Å². The third-order valence-corrected chi connectivity index (χ3v) is 2.34. The molecule has 0 bridgehead atoms. The molecular formula is C10H9ClF2O2. The monoisotopic (exact) mass is 234 g/mol. The number of aliphatic carboxylic acids is 1. The van der Waals surface area contributed by atoms with Gasteiger partial charge in [0.25, 0.3) is 0 Å². The first-order chi connectivity index (χ1) is 7.02. The van der Waals surface area contributed by atoms with Gasteiger partial charge in [0.15, 0.2) is 0 Å². The van der Waals surface area contributed by atoms with Crippen molar-refractivity contribution in [2.24, 2.45) is 0 Å². The summed E-state index contributed by atoms with van der Waals surface area (Å²) < 4.78 is 24.3. The van der Waals surface area contributed by atoms with Crippen LogP contribution in [-0.2, 0) is 4.79 Å². The second kappa shape index (κ2) is 5.07. The van der Waals surface area contributed by atoms with Gasteiger partial charge in [-0.25, -0.2) is 8.78 Å². The first-order valence-electron chi connectivity index (χ1n) is 4.27. The summed E-state index contributed by atoms with van der Waals surface area (Å²) >= 11 is 5.74. The van der Waals surface area contributed by atoms with Gasteiger partial charge in [0, 0.05) is 11.4 Å². The van der Waals surface area contributed by atoms with Crippen molar-refractivity contribution < 1.29 is 18.7 Å². The number of hydrogen-bond acceptors (Lipinski definition) is 1. The summed E-state index contributed by atoms with van der Waals surface area (Å²) in [5.41, 5.74) is 0.229. The number of carboxylic acids is 1. The van der Waals surface area contributed by atoms with Crippen molar-refractivity contribution in [2.75, 3.05) is 0 Å². The molecule has 1 aromatic rings. The fourth-order valence-corrected chi connectivity index (χ4v) is 1.56. The summed E-state index contributed by atoms with van der Waals surface area (Å²) in [6.45, 7) is 0. The highest BCUT2D eigenvalue weighted by atomic mass is 35.5. The van der Waals surface area contributed by atoms with Crippen LogP contribution >= 0.6 is 11.6 Å². The number of alkyl halides is 2. The van der Waals surface area contributed by atoms with Crippen LogP contribution in [0.5, 0.6) is 0 Å². The number of benzene rings is 1. The maximum absolute atomic E-state index is 12.2. The van der Waals surface area contributed by atoms with Gasteiger partial charge in [-0.2, -0.15) is 0 Å². The summed E-state index contributed by atoms with van der Waals surface area (Å²) in [4.78, 5) is 10.8. The molecule has 15 heavy (non-hydrogen) atoms. The Morgan fingerprint density at radius 1 is 1.40 bits per heavy atom. The summed E-state index contributed by atoms with van der Waals surface area (Å²) in [7, 11) is 0. The van der Waals surface area contributed by atoms with Crippen LogP contribution in [0.3, 0.4) is 0 Å². The molecule has 0 aliphatic heterocycles. The van der Waals surface area contributed by atoms with Crippen molar-refractivity contribution in [3.05, 3.63) is 34.9 Å². The van der Waals surface area contributed by atoms with E-state index in [9.17, 15) is 13.6 Å². The molecule has 0 aliphatic carbocycles. The van der Waals surface area contributed by atoms with Gasteiger partial charge in [-0.15, -0.1) is 0 Å². The van der Waals surface area contributed by atoms with E-state index in [1.54, 1.807) is 12.1 Å². The van der Waals surface area contributed by atoms with Crippen LogP contribution in [0.1, 0.15) is 17.9 Å². The quantitative estimate of drug-likeness (QED) is 0.869. The molecule has 0 fully saturated rings. The average Bonchev–Trinajstić information content (AvgIpc) is 2.15. The molecule has 0 saturated carbocycles. The van der Waals surface area contributed by atoms with E-state index in [1.165, 1.54) is 12.1 Å². The predicted octanol–water partition coefficient (Wildman–Crippen LogP) is 3.16. The van der Waals surface area contributed by atoms with Crippen LogP contribution in [0.15, 0.2) is 24.3 Å². The number of halogens is 3. The van der Waals surface area contributed by atoms with Crippen molar-refractivity contribution >= 4 is 17.6 Å². The fourth-order valence-electron chi connectivity index (χ4n) is 1.30. The van der Waals surface area contributed by atoms with E-state index < -0.39 is 24.7 Å². The van der Waals surface area contributed by atoms with Crippen LogP contribution in [0, 0.1) is 0 Å². The Labute approximate surface area is 90.5 Å². The van der Waals surface area contributed by atoms with Gasteiger partial charge in [0.1, 0.15) is 0 Å². The smallest absolute Gasteiger partial charge is 0.311 e. The van der Waals surface area contributed by atoms with Gasteiger partial charge in [-0.05, 0) is 11.6 Å². The molecule has 1 unspecified atom stereocenters. The van der Waals surface area contributed by atoms with Crippen LogP contribution in [0.4, 0.5) is 8.78 Å². The Morgan fingerprint density at radius 3 is 2.47 bits per heavy atom. The zero-order chi connectivity index (χ0) is 11.4. The normalized spacial score (nSPS) is 12.8. The molecule has 1 aromatic carbocycles. The van der Waals surface area contributed by atoms with Gasteiger partial charge in [0.2, 0.25) is 6.43 Å². The van der Waals surface area contributed by atoms with Crippen molar-refractivity contribution in [1.82, 2.24) is 0 Å². The lowest BCUT2D eigenvalue weighted by molar-refractivity contribution is -0.139. The summed E-state index contributed by atoms with van der Waals surface area (Å²) in [5, 5.41) is 9.01. The zero-order valence-corrected chi connectivity index (χ0v) is 8.42. The highest BCUT2D eigenvalue weighted by molar-refractivity contribution is 6.31. The molecule has 0 aromatic heterocycles. The minimum Gasteiger partial charge on any atom is -0.481 e. The van der Waals surface area contributed by atoms with Gasteiger partial charge in [0.05, 0.1) is 5.92 Å². The Morgan fingerprint density at radius 2 is 2.00 bits per heavy atom. The molecule has 2 nitrogen and oxygen atoms in total. The second-order valence-corrected chi connectivity index (χ2v) is 3.45. The van der Waals surface area contributed by atoms with Crippen molar-refractivity contribution in [1.29, 1.82) is 0 Å². The van der Waals surface area contributed by atoms with E-state index in [2.05, 4.69) is 0 Å². The topological polar surface area (TPSA) is 37.3 Å². The van der Waals surface area contributed by atoms with E-state index in [4.69, 9.17) is 16.7 Å². The maximum Gasteiger partial charge on any atom is 0.311 e. The van der Waals surface area contributed by atoms with Gasteiger partial charge in [-0.3, -0.25) is 4.79 Å². The van der Waals surface area contributed by atoms with Gasteiger partial charge < -0.3 is 5.11 Å². The van der Waals surface area contributed by atoms with E-state index in [1.807, 2.05) is 0 Å². The van der Waals surface area contributed by atoms with Crippen LogP contribution in [0.2, 0.25) is 5.02 Å². The van der Waals surface area contributed by atoms with E-state index in [0.29, 0.717) is 0 Å². The first kappa shape index (κ1) is 11.9. The second-order valence-electron chi connectivity index (χ2n) is 3.04. The third kappa shape index (κ3) is 3.16. The number of hydrogen-bond donors (Lipinski definition) is 1. The molecule has 0 aliphatic rings. The lowest BCUT2D eigenvalue weighted by Gasteiger charge is -2.13. The Hall–Kier alpha value is -1.16. The average molecular weight is 235 g/mol. The van der Waals surface area contributed by atoms with Crippen LogP contribution in [0.25, 0.3) is 0 Å². The van der Waals surface area contributed by atoms with Crippen molar-refractivity contribution in [3.63, 3.8) is 0 Å². The van der Waals surface area contributed by atoms with Gasteiger partial charge >= 0.3 is 5.97 Å². The Kier molecular flexibility index (Phi) is 4.03. The van der Waals surface area contributed by atoms with Crippen LogP contribution in [-0.4, -0.2) is 17.5 Å². The Bertz CT molecular complexity index is 355. The molecule has 0 spiro atoms. The minimum atomic E-state index is -2.66. The number of carbonyl (C=O) groups is 1. The lowest BCUT2D eigenvalue weighted by Crippen LogP contribution is -2.15. The molecule has 82 valence electrons. The molecule has 1 atom stereocenters. The minimum absolute atomic E-state index is 0.200. The van der Waals surface area contributed by atoms with Gasteiger partial charge in [-0.1, -0.05) is 29.8 Å². The SMILES string of the molecule is O=C(O)C(CC(F)F)c1ccccc1Cl. The summed E-state index contributed by atoms with van der Waals surface area (Å²) in [6.07, 6.45) is -3.39. The largest absolute Gasteiger partial charge is 0.481 e. The summed E-state index contributed by atoms with van der Waals surface area (Å²) in [6, 6.07) is 6.12. The van der Waals surface area contributed by atoms with E-state index in [0.717, 1.165) is 0 Å². The maximum atomic E-state index is 12.2. The lowest BCUT2D eigenvalue weighted by atomic mass is 9.96. The zero-order valence-electron chi connectivity index (χ0n) is 7.66. The molecule has 0 saturated heterocycles. The molecule has 1 N–H and O–H groups in total. The van der Waals surface area contributed by atoms with Crippen molar-refractivity contribution in [3.8, 4) is 0 Å². The summed E-state index contributed by atoms with van der Waals surface area (Å²) in [5.74, 6) is -2.54. The Balaban J connectivity index is 2.99. The molecular weight excluding hydrogens is 226 g/mol. The standard InChI is InChI=1S/C10H9ClF2O2/c11-8-4-2-1-3-6(8)7(10(14)15)5-9(12)13/h1-4,7,9H,5H2,(H,14,15). The number of carboxylic acid groups (broad SMARTS) is 1. The highest BCUT2D eigenvalue weighted by Crippen LogP contribution is 2.29. The molecule has 0 radical (unpaired) electrons. The molecule has 0 heterocycles. The predicted molar refractivity (Wildman–Crippen MR) is 52.4 cm³/mol. The number of rotatable bonds is 4. The van der Waals surface area contributed by atoms with E-state index >= 15 is 0 Å². The molecule has 5 heteroatoms. The highest BCUT2D eigenvalue weighted by Gasteiger charge is 2.25.